The smallest absolute Gasteiger partial charge is 0.325 e. The van der Waals surface area contributed by atoms with E-state index >= 15 is 0 Å². The van der Waals surface area contributed by atoms with Gasteiger partial charge in [-0.25, -0.2) is 4.79 Å². The molecule has 1 aromatic carbocycles. The molecule has 1 aromatic heterocycles. The fourth-order valence-corrected chi connectivity index (χ4v) is 1.91. The maximum Gasteiger partial charge on any atom is 0.325 e. The summed E-state index contributed by atoms with van der Waals surface area (Å²) in [5.41, 5.74) is 1.11. The Morgan fingerprint density at radius 1 is 1.15 bits per heavy atom. The molecule has 0 saturated heterocycles. The second-order valence-electron chi connectivity index (χ2n) is 4.33. The summed E-state index contributed by atoms with van der Waals surface area (Å²) in [5, 5.41) is 0. The summed E-state index contributed by atoms with van der Waals surface area (Å²) in [5.74, 6) is 0. The number of hydrogen-bond acceptors (Lipinski definition) is 3. The third-order valence-electron chi connectivity index (χ3n) is 2.84. The van der Waals surface area contributed by atoms with Crippen molar-refractivity contribution in [1.29, 1.82) is 0 Å². The molecule has 0 saturated carbocycles. The fourth-order valence-electron chi connectivity index (χ4n) is 1.91. The van der Waals surface area contributed by atoms with E-state index in [2.05, 4.69) is 16.5 Å². The van der Waals surface area contributed by atoms with Gasteiger partial charge in [-0.05, 0) is 5.56 Å². The lowest BCUT2D eigenvalue weighted by molar-refractivity contribution is 0.147. The van der Waals surface area contributed by atoms with Crippen molar-refractivity contribution >= 4 is 0 Å². The zero-order chi connectivity index (χ0) is 14.4. The second-order valence-corrected chi connectivity index (χ2v) is 4.33. The van der Waals surface area contributed by atoms with Crippen LogP contribution in [0.15, 0.2) is 52.6 Å². The number of H-pyrrole nitrogens is 2. The van der Waals surface area contributed by atoms with Crippen LogP contribution < -0.4 is 11.2 Å². The lowest BCUT2D eigenvalue weighted by Gasteiger charge is -2.08. The molecule has 104 valence electrons. The summed E-state index contributed by atoms with van der Waals surface area (Å²) in [4.78, 5) is 28.2. The highest BCUT2D eigenvalue weighted by Crippen LogP contribution is 2.09. The van der Waals surface area contributed by atoms with Gasteiger partial charge in [-0.2, -0.15) is 0 Å². The van der Waals surface area contributed by atoms with Crippen LogP contribution in [0.3, 0.4) is 0 Å². The Balaban J connectivity index is 2.32. The van der Waals surface area contributed by atoms with E-state index in [-0.39, 0.29) is 6.61 Å². The van der Waals surface area contributed by atoms with Gasteiger partial charge in [0.05, 0.1) is 18.8 Å². The molecule has 2 N–H and O–H groups in total. The Labute approximate surface area is 115 Å². The fraction of sp³-hybridized carbons (Fsp3) is 0.200. The highest BCUT2D eigenvalue weighted by atomic mass is 16.5. The van der Waals surface area contributed by atoms with E-state index in [1.54, 1.807) is 6.08 Å². The molecule has 0 aliphatic rings. The molecule has 0 unspecified atom stereocenters. The van der Waals surface area contributed by atoms with Crippen molar-refractivity contribution in [1.82, 2.24) is 9.97 Å². The number of benzene rings is 1. The molecule has 0 radical (unpaired) electrons. The number of aromatic amines is 2. The van der Waals surface area contributed by atoms with Gasteiger partial charge in [0.1, 0.15) is 0 Å². The highest BCUT2D eigenvalue weighted by Gasteiger charge is 2.10. The average molecular weight is 272 g/mol. The minimum Gasteiger partial charge on any atom is -0.372 e. The summed E-state index contributed by atoms with van der Waals surface area (Å²) < 4.78 is 5.31. The number of ether oxygens (including phenoxy) is 1. The lowest BCUT2D eigenvalue weighted by Crippen LogP contribution is -2.28. The molecule has 0 atom stereocenters. The van der Waals surface area contributed by atoms with Gasteiger partial charge in [0.15, 0.2) is 0 Å². The van der Waals surface area contributed by atoms with Crippen LogP contribution in [0.1, 0.15) is 16.8 Å². The van der Waals surface area contributed by atoms with Gasteiger partial charge in [0.25, 0.3) is 5.56 Å². The van der Waals surface area contributed by atoms with Crippen LogP contribution in [0, 0.1) is 0 Å². The summed E-state index contributed by atoms with van der Waals surface area (Å²) in [6.07, 6.45) is 2.09. The van der Waals surface area contributed by atoms with Crippen molar-refractivity contribution < 1.29 is 4.74 Å². The molecule has 5 heteroatoms. The first kappa shape index (κ1) is 14.0. The van der Waals surface area contributed by atoms with Crippen molar-refractivity contribution in [3.63, 3.8) is 0 Å². The number of nitrogens with one attached hydrogen (secondary N) is 2. The Bertz CT molecular complexity index is 686. The molecular weight excluding hydrogens is 256 g/mol. The Kier molecular flexibility index (Phi) is 4.68. The van der Waals surface area contributed by atoms with Gasteiger partial charge in [0.2, 0.25) is 0 Å². The largest absolute Gasteiger partial charge is 0.372 e. The minimum absolute atomic E-state index is 0.139. The predicted molar refractivity (Wildman–Crippen MR) is 76.8 cm³/mol. The van der Waals surface area contributed by atoms with Gasteiger partial charge in [-0.1, -0.05) is 36.4 Å². The van der Waals surface area contributed by atoms with Crippen LogP contribution in [0.2, 0.25) is 0 Å². The molecule has 0 bridgehead atoms. The van der Waals surface area contributed by atoms with Crippen LogP contribution in [0.5, 0.6) is 0 Å². The molecule has 5 nitrogen and oxygen atoms in total. The molecule has 0 aliphatic carbocycles. The first-order valence-corrected chi connectivity index (χ1v) is 6.27. The van der Waals surface area contributed by atoms with E-state index in [0.29, 0.717) is 24.3 Å². The molecular formula is C15H16N2O3. The van der Waals surface area contributed by atoms with Gasteiger partial charge < -0.3 is 9.72 Å². The van der Waals surface area contributed by atoms with E-state index < -0.39 is 11.2 Å². The predicted octanol–water partition coefficient (Wildman–Crippen LogP) is 1.36. The SMILES string of the molecule is C=CCOCc1c(Cc2ccccc2)[nH]c(=O)[nH]c1=O. The standard InChI is InChI=1S/C15H16N2O3/c1-2-8-20-10-12-13(16-15(19)17-14(12)18)9-11-6-4-3-5-7-11/h2-7H,1,8-10H2,(H2,16,17,18,19). The topological polar surface area (TPSA) is 75.0 Å². The highest BCUT2D eigenvalue weighted by molar-refractivity contribution is 5.25. The van der Waals surface area contributed by atoms with Crippen molar-refractivity contribution in [2.24, 2.45) is 0 Å². The molecule has 0 aliphatic heterocycles. The molecule has 2 rings (SSSR count). The van der Waals surface area contributed by atoms with Crippen LogP contribution >= 0.6 is 0 Å². The lowest BCUT2D eigenvalue weighted by atomic mass is 10.1. The van der Waals surface area contributed by atoms with Gasteiger partial charge >= 0.3 is 5.69 Å². The zero-order valence-corrected chi connectivity index (χ0v) is 11.0. The Hall–Kier alpha value is -2.40. The molecule has 2 aromatic rings. The molecule has 0 amide bonds. The van der Waals surface area contributed by atoms with Crippen molar-refractivity contribution in [2.45, 2.75) is 13.0 Å². The number of aromatic nitrogens is 2. The molecule has 20 heavy (non-hydrogen) atoms. The van der Waals surface area contributed by atoms with E-state index in [9.17, 15) is 9.59 Å². The number of rotatable bonds is 6. The summed E-state index contributed by atoms with van der Waals surface area (Å²) in [6, 6.07) is 9.61. The molecule has 0 spiro atoms. The molecule has 0 fully saturated rings. The Morgan fingerprint density at radius 2 is 1.90 bits per heavy atom. The minimum atomic E-state index is -0.506. The van der Waals surface area contributed by atoms with E-state index in [4.69, 9.17) is 4.74 Å². The van der Waals surface area contributed by atoms with E-state index in [1.807, 2.05) is 30.3 Å². The molecule has 1 heterocycles. The van der Waals surface area contributed by atoms with Gasteiger partial charge in [0, 0.05) is 12.1 Å². The first-order chi connectivity index (χ1) is 9.70. The van der Waals surface area contributed by atoms with E-state index in [1.165, 1.54) is 0 Å². The van der Waals surface area contributed by atoms with Crippen molar-refractivity contribution in [2.75, 3.05) is 6.61 Å². The maximum atomic E-state index is 11.9. The normalized spacial score (nSPS) is 10.4. The van der Waals surface area contributed by atoms with Gasteiger partial charge in [-0.15, -0.1) is 6.58 Å². The van der Waals surface area contributed by atoms with Crippen LogP contribution in [-0.2, 0) is 17.8 Å². The third kappa shape index (κ3) is 3.55. The third-order valence-corrected chi connectivity index (χ3v) is 2.84. The maximum absolute atomic E-state index is 11.9. The van der Waals surface area contributed by atoms with Crippen LogP contribution in [-0.4, -0.2) is 16.6 Å². The second kappa shape index (κ2) is 6.68. The summed E-state index contributed by atoms with van der Waals surface area (Å²) in [7, 11) is 0. The summed E-state index contributed by atoms with van der Waals surface area (Å²) >= 11 is 0. The Morgan fingerprint density at radius 3 is 2.60 bits per heavy atom. The van der Waals surface area contributed by atoms with Crippen molar-refractivity contribution in [3.8, 4) is 0 Å². The van der Waals surface area contributed by atoms with Crippen molar-refractivity contribution in [3.05, 3.63) is 80.6 Å². The zero-order valence-electron chi connectivity index (χ0n) is 11.0. The number of hydrogen-bond donors (Lipinski definition) is 2. The average Bonchev–Trinajstić information content (AvgIpc) is 2.43. The first-order valence-electron chi connectivity index (χ1n) is 6.27. The quantitative estimate of drug-likeness (QED) is 0.616. The van der Waals surface area contributed by atoms with Gasteiger partial charge in [-0.3, -0.25) is 9.78 Å². The van der Waals surface area contributed by atoms with Crippen LogP contribution in [0.25, 0.3) is 0 Å². The summed E-state index contributed by atoms with van der Waals surface area (Å²) in [6.45, 7) is 4.04. The monoisotopic (exact) mass is 272 g/mol. The van der Waals surface area contributed by atoms with E-state index in [0.717, 1.165) is 5.56 Å². The van der Waals surface area contributed by atoms with Crippen LogP contribution in [0.4, 0.5) is 0 Å².